The average Bonchev–Trinajstić information content (AvgIpc) is 2.33. The van der Waals surface area contributed by atoms with Crippen molar-refractivity contribution in [2.75, 3.05) is 6.26 Å². The van der Waals surface area contributed by atoms with Gasteiger partial charge in [0.15, 0.2) is 9.84 Å². The predicted octanol–water partition coefficient (Wildman–Crippen LogP) is 2.46. The quantitative estimate of drug-likeness (QED) is 0.773. The maximum Gasteiger partial charge on any atom is 0.360 e. The van der Waals surface area contributed by atoms with E-state index in [-0.39, 0.29) is 5.56 Å². The summed E-state index contributed by atoms with van der Waals surface area (Å²) in [5.41, 5.74) is -1.32. The van der Waals surface area contributed by atoms with E-state index >= 15 is 0 Å². The molecule has 0 N–H and O–H groups in total. The lowest BCUT2D eigenvalue weighted by atomic mass is 10.1. The van der Waals surface area contributed by atoms with Crippen molar-refractivity contribution in [3.8, 4) is 0 Å². The molecule has 0 bridgehead atoms. The first-order valence-corrected chi connectivity index (χ1v) is 8.24. The van der Waals surface area contributed by atoms with Crippen LogP contribution in [-0.2, 0) is 29.0 Å². The number of sulfone groups is 1. The van der Waals surface area contributed by atoms with Gasteiger partial charge < -0.3 is 4.74 Å². The second-order valence-electron chi connectivity index (χ2n) is 5.64. The van der Waals surface area contributed by atoms with E-state index in [0.717, 1.165) is 0 Å². The van der Waals surface area contributed by atoms with E-state index in [1.54, 1.807) is 6.07 Å². The van der Waals surface area contributed by atoms with E-state index in [9.17, 15) is 22.0 Å². The zero-order valence-electron chi connectivity index (χ0n) is 12.7. The smallest absolute Gasteiger partial charge is 0.360 e. The van der Waals surface area contributed by atoms with Crippen LogP contribution in [0.5, 0.6) is 0 Å². The number of ether oxygens (including phenoxy) is 2. The largest absolute Gasteiger partial charge is 0.457 e. The van der Waals surface area contributed by atoms with Gasteiger partial charge in [-0.25, -0.2) is 13.2 Å². The number of carbonyl (C=O) groups excluding carboxylic acids is 1. The van der Waals surface area contributed by atoms with Gasteiger partial charge in [0.05, 0.1) is 0 Å². The number of halogens is 2. The van der Waals surface area contributed by atoms with Crippen LogP contribution in [-0.4, -0.2) is 32.9 Å². The van der Waals surface area contributed by atoms with Crippen molar-refractivity contribution < 1.29 is 31.5 Å². The van der Waals surface area contributed by atoms with Crippen LogP contribution in [0.3, 0.4) is 0 Å². The summed E-state index contributed by atoms with van der Waals surface area (Å²) in [5.74, 6) is -1.41. The van der Waals surface area contributed by atoms with Crippen molar-refractivity contribution in [3.63, 3.8) is 0 Å². The third-order valence-electron chi connectivity index (χ3n) is 2.60. The Kier molecular flexibility index (Phi) is 5.30. The molecule has 1 aromatic rings. The minimum atomic E-state index is -4.42. The van der Waals surface area contributed by atoms with Crippen LogP contribution in [0.15, 0.2) is 30.3 Å². The lowest BCUT2D eigenvalue weighted by Crippen LogP contribution is -2.49. The zero-order chi connectivity index (χ0) is 17.2. The molecule has 0 aliphatic carbocycles. The Labute approximate surface area is 128 Å². The summed E-state index contributed by atoms with van der Waals surface area (Å²) in [6.45, 7) is 0.990. The van der Waals surface area contributed by atoms with Gasteiger partial charge in [-0.05, 0) is 20.8 Å². The molecule has 1 atom stereocenters. The monoisotopic (exact) mass is 336 g/mol. The summed E-state index contributed by atoms with van der Waals surface area (Å²) in [6.07, 6.45) is 0.645. The van der Waals surface area contributed by atoms with Crippen LogP contribution in [0, 0.1) is 0 Å². The van der Waals surface area contributed by atoms with E-state index in [4.69, 9.17) is 4.74 Å². The van der Waals surface area contributed by atoms with Crippen LogP contribution >= 0.6 is 0 Å². The van der Waals surface area contributed by atoms with Crippen LogP contribution in [0.4, 0.5) is 8.78 Å². The molecule has 124 valence electrons. The molecule has 0 aliphatic heterocycles. The number of carbonyl (C=O) groups is 1. The van der Waals surface area contributed by atoms with Gasteiger partial charge in [-0.1, -0.05) is 30.3 Å². The SMILES string of the molecule is CC(C)(C)OC(=O)C(OC(F)F)(c1ccccc1)S(C)(=O)=O. The standard InChI is InChI=1S/C14H18F2O5S/c1-13(2,3)20-11(17)14(21-12(15)16,22(4,18)19)10-8-6-5-7-9-10/h5-9,12H,1-4H3. The first kappa shape index (κ1) is 18.5. The Morgan fingerprint density at radius 2 is 1.64 bits per heavy atom. The fourth-order valence-electron chi connectivity index (χ4n) is 1.82. The maximum absolute atomic E-state index is 12.8. The molecule has 22 heavy (non-hydrogen) atoms. The fraction of sp³-hybridized carbons (Fsp3) is 0.500. The van der Waals surface area contributed by atoms with Crippen molar-refractivity contribution in [3.05, 3.63) is 35.9 Å². The minimum Gasteiger partial charge on any atom is -0.457 e. The van der Waals surface area contributed by atoms with Crippen molar-refractivity contribution in [1.82, 2.24) is 0 Å². The minimum absolute atomic E-state index is 0.243. The van der Waals surface area contributed by atoms with E-state index in [2.05, 4.69) is 4.74 Å². The van der Waals surface area contributed by atoms with Crippen molar-refractivity contribution >= 4 is 15.8 Å². The van der Waals surface area contributed by atoms with Crippen LogP contribution < -0.4 is 0 Å². The summed E-state index contributed by atoms with van der Waals surface area (Å²) < 4.78 is 59.3. The van der Waals surface area contributed by atoms with Crippen LogP contribution in [0.25, 0.3) is 0 Å². The normalized spacial score (nSPS) is 15.4. The second-order valence-corrected chi connectivity index (χ2v) is 7.75. The van der Waals surface area contributed by atoms with Crippen molar-refractivity contribution in [2.24, 2.45) is 0 Å². The summed E-state index contributed by atoms with van der Waals surface area (Å²) in [7, 11) is -4.42. The molecule has 0 saturated heterocycles. The highest BCUT2D eigenvalue weighted by Gasteiger charge is 2.55. The average molecular weight is 336 g/mol. The van der Waals surface area contributed by atoms with Gasteiger partial charge in [0.2, 0.25) is 0 Å². The molecule has 0 aliphatic rings. The van der Waals surface area contributed by atoms with Crippen LogP contribution in [0.1, 0.15) is 26.3 Å². The Morgan fingerprint density at radius 3 is 2.00 bits per heavy atom. The molecule has 1 rings (SSSR count). The van der Waals surface area contributed by atoms with Crippen LogP contribution in [0.2, 0.25) is 0 Å². The fourth-order valence-corrected chi connectivity index (χ4v) is 2.97. The van der Waals surface area contributed by atoms with Crippen molar-refractivity contribution in [2.45, 2.75) is 37.9 Å². The van der Waals surface area contributed by atoms with Gasteiger partial charge in [0.1, 0.15) is 5.60 Å². The number of hydrogen-bond donors (Lipinski definition) is 0. The van der Waals surface area contributed by atoms with Gasteiger partial charge in [-0.2, -0.15) is 8.78 Å². The number of rotatable bonds is 5. The van der Waals surface area contributed by atoms with E-state index in [1.807, 2.05) is 0 Å². The molecule has 0 aromatic heterocycles. The third-order valence-corrected chi connectivity index (χ3v) is 4.14. The Hall–Kier alpha value is -1.54. The maximum atomic E-state index is 12.8. The van der Waals surface area contributed by atoms with E-state index in [1.165, 1.54) is 45.0 Å². The number of benzene rings is 1. The summed E-state index contributed by atoms with van der Waals surface area (Å²) in [5, 5.41) is 0. The lowest BCUT2D eigenvalue weighted by molar-refractivity contribution is -0.212. The molecular weight excluding hydrogens is 318 g/mol. The topological polar surface area (TPSA) is 69.7 Å². The number of hydrogen-bond acceptors (Lipinski definition) is 5. The van der Waals surface area contributed by atoms with Gasteiger partial charge in [0, 0.05) is 11.8 Å². The van der Waals surface area contributed by atoms with Gasteiger partial charge in [-0.3, -0.25) is 4.74 Å². The molecule has 0 heterocycles. The lowest BCUT2D eigenvalue weighted by Gasteiger charge is -2.32. The van der Waals surface area contributed by atoms with Gasteiger partial charge >= 0.3 is 12.6 Å². The molecule has 0 saturated carbocycles. The van der Waals surface area contributed by atoms with E-state index in [0.29, 0.717) is 6.26 Å². The molecule has 5 nitrogen and oxygen atoms in total. The number of alkyl halides is 2. The van der Waals surface area contributed by atoms with E-state index < -0.39 is 33.0 Å². The Bertz CT molecular complexity index is 622. The highest BCUT2D eigenvalue weighted by Crippen LogP contribution is 2.36. The second kappa shape index (κ2) is 6.29. The zero-order valence-corrected chi connectivity index (χ0v) is 13.5. The molecule has 1 unspecified atom stereocenters. The highest BCUT2D eigenvalue weighted by molar-refractivity contribution is 7.92. The van der Waals surface area contributed by atoms with Gasteiger partial charge in [0.25, 0.3) is 4.93 Å². The summed E-state index contributed by atoms with van der Waals surface area (Å²) in [4.78, 5) is 9.48. The molecule has 0 spiro atoms. The Morgan fingerprint density at radius 1 is 1.14 bits per heavy atom. The molecular formula is C14H18F2O5S. The molecule has 1 aromatic carbocycles. The van der Waals surface area contributed by atoms with Gasteiger partial charge in [-0.15, -0.1) is 0 Å². The molecule has 0 amide bonds. The predicted molar refractivity (Wildman–Crippen MR) is 75.9 cm³/mol. The molecule has 0 fully saturated rings. The first-order valence-electron chi connectivity index (χ1n) is 6.35. The first-order chi connectivity index (χ1) is 9.90. The number of esters is 1. The summed E-state index contributed by atoms with van der Waals surface area (Å²) >= 11 is 0. The van der Waals surface area contributed by atoms with Crippen molar-refractivity contribution in [1.29, 1.82) is 0 Å². The third kappa shape index (κ3) is 4.01. The Balaban J connectivity index is 3.57. The summed E-state index contributed by atoms with van der Waals surface area (Å²) in [6, 6.07) is 6.80. The molecule has 0 radical (unpaired) electrons. The molecule has 8 heteroatoms. The highest BCUT2D eigenvalue weighted by atomic mass is 32.2.